The van der Waals surface area contributed by atoms with Crippen LogP contribution in [0.2, 0.25) is 0 Å². The van der Waals surface area contributed by atoms with Crippen molar-refractivity contribution in [1.82, 2.24) is 4.90 Å². The van der Waals surface area contributed by atoms with E-state index in [1.54, 1.807) is 0 Å². The van der Waals surface area contributed by atoms with Gasteiger partial charge in [0.15, 0.2) is 0 Å². The molecule has 1 atom stereocenters. The topological polar surface area (TPSA) is 55.6 Å². The first-order chi connectivity index (χ1) is 7.95. The van der Waals surface area contributed by atoms with E-state index >= 15 is 0 Å². The van der Waals surface area contributed by atoms with Gasteiger partial charge in [-0.15, -0.1) is 0 Å². The number of piperidine rings is 1. The van der Waals surface area contributed by atoms with Crippen LogP contribution >= 0.6 is 0 Å². The van der Waals surface area contributed by atoms with Crippen LogP contribution in [-0.2, 0) is 9.53 Å². The lowest BCUT2D eigenvalue weighted by Crippen LogP contribution is -2.45. The molecule has 0 aliphatic carbocycles. The zero-order chi connectivity index (χ0) is 12.9. The van der Waals surface area contributed by atoms with E-state index in [1.165, 1.54) is 4.90 Å². The van der Waals surface area contributed by atoms with Crippen molar-refractivity contribution in [3.05, 3.63) is 0 Å². The van der Waals surface area contributed by atoms with Crippen molar-refractivity contribution in [1.29, 1.82) is 0 Å². The minimum atomic E-state index is -4.23. The minimum absolute atomic E-state index is 0.0942. The van der Waals surface area contributed by atoms with Crippen molar-refractivity contribution in [3.8, 4) is 0 Å². The van der Waals surface area contributed by atoms with E-state index in [9.17, 15) is 18.0 Å². The SMILES string of the molecule is NCCOCC(=O)N1CCCC(C(F)(F)F)C1. The number of nitrogens with zero attached hydrogens (tertiary/aromatic N) is 1. The van der Waals surface area contributed by atoms with E-state index in [4.69, 9.17) is 10.5 Å². The van der Waals surface area contributed by atoms with Crippen LogP contribution in [0, 0.1) is 5.92 Å². The molecule has 1 heterocycles. The lowest BCUT2D eigenvalue weighted by Gasteiger charge is -2.33. The molecular weight excluding hydrogens is 237 g/mol. The van der Waals surface area contributed by atoms with Gasteiger partial charge in [0.05, 0.1) is 12.5 Å². The molecule has 1 aliphatic heterocycles. The van der Waals surface area contributed by atoms with Gasteiger partial charge in [0.2, 0.25) is 5.91 Å². The Morgan fingerprint density at radius 1 is 1.47 bits per heavy atom. The second-order valence-electron chi connectivity index (χ2n) is 4.06. The first-order valence-corrected chi connectivity index (χ1v) is 5.57. The van der Waals surface area contributed by atoms with Crippen molar-refractivity contribution in [3.63, 3.8) is 0 Å². The quantitative estimate of drug-likeness (QED) is 0.754. The maximum absolute atomic E-state index is 12.5. The molecule has 1 rings (SSSR count). The Bertz CT molecular complexity index is 258. The number of alkyl halides is 3. The van der Waals surface area contributed by atoms with Gasteiger partial charge >= 0.3 is 6.18 Å². The number of hydrogen-bond donors (Lipinski definition) is 1. The number of carbonyl (C=O) groups excluding carboxylic acids is 1. The third-order valence-corrected chi connectivity index (χ3v) is 2.72. The van der Waals surface area contributed by atoms with Gasteiger partial charge in [-0.25, -0.2) is 0 Å². The molecule has 100 valence electrons. The zero-order valence-electron chi connectivity index (χ0n) is 9.50. The van der Waals surface area contributed by atoms with Crippen LogP contribution in [0.5, 0.6) is 0 Å². The Morgan fingerprint density at radius 2 is 2.18 bits per heavy atom. The van der Waals surface area contributed by atoms with Crippen LogP contribution in [0.25, 0.3) is 0 Å². The highest BCUT2D eigenvalue weighted by atomic mass is 19.4. The predicted molar refractivity (Wildman–Crippen MR) is 55.2 cm³/mol. The van der Waals surface area contributed by atoms with Crippen molar-refractivity contribution in [2.75, 3.05) is 32.8 Å². The lowest BCUT2D eigenvalue weighted by molar-refractivity contribution is -0.188. The number of likely N-dealkylation sites (tertiary alicyclic amines) is 1. The summed E-state index contributed by atoms with van der Waals surface area (Å²) >= 11 is 0. The fraction of sp³-hybridized carbons (Fsp3) is 0.900. The van der Waals surface area contributed by atoms with E-state index in [2.05, 4.69) is 0 Å². The largest absolute Gasteiger partial charge is 0.393 e. The molecule has 1 amide bonds. The third-order valence-electron chi connectivity index (χ3n) is 2.72. The van der Waals surface area contributed by atoms with Crippen LogP contribution in [0.4, 0.5) is 13.2 Å². The lowest BCUT2D eigenvalue weighted by atomic mass is 9.97. The molecule has 7 heteroatoms. The van der Waals surface area contributed by atoms with Gasteiger partial charge in [0.25, 0.3) is 0 Å². The Balaban J connectivity index is 2.41. The Labute approximate surface area is 97.9 Å². The summed E-state index contributed by atoms with van der Waals surface area (Å²) in [5.41, 5.74) is 5.17. The van der Waals surface area contributed by atoms with E-state index in [0.717, 1.165) is 0 Å². The van der Waals surface area contributed by atoms with E-state index in [-0.39, 0.29) is 26.2 Å². The summed E-state index contributed by atoms with van der Waals surface area (Å²) in [7, 11) is 0. The number of rotatable bonds is 4. The molecule has 0 radical (unpaired) electrons. The number of ether oxygens (including phenoxy) is 1. The summed E-state index contributed by atoms with van der Waals surface area (Å²) < 4.78 is 42.4. The number of amides is 1. The van der Waals surface area contributed by atoms with Crippen LogP contribution < -0.4 is 5.73 Å². The Morgan fingerprint density at radius 3 is 2.76 bits per heavy atom. The van der Waals surface area contributed by atoms with Gasteiger partial charge in [-0.1, -0.05) is 0 Å². The van der Waals surface area contributed by atoms with Gasteiger partial charge in [-0.3, -0.25) is 4.79 Å². The zero-order valence-corrected chi connectivity index (χ0v) is 9.50. The second-order valence-corrected chi connectivity index (χ2v) is 4.06. The van der Waals surface area contributed by atoms with E-state index in [0.29, 0.717) is 19.5 Å². The van der Waals surface area contributed by atoms with Crippen molar-refractivity contribution >= 4 is 5.91 Å². The van der Waals surface area contributed by atoms with Crippen LogP contribution in [0.3, 0.4) is 0 Å². The summed E-state index contributed by atoms with van der Waals surface area (Å²) in [6, 6.07) is 0. The maximum atomic E-state index is 12.5. The molecule has 4 nitrogen and oxygen atoms in total. The number of carbonyl (C=O) groups is 1. The fourth-order valence-corrected chi connectivity index (χ4v) is 1.80. The summed E-state index contributed by atoms with van der Waals surface area (Å²) in [4.78, 5) is 12.8. The maximum Gasteiger partial charge on any atom is 0.393 e. The minimum Gasteiger partial charge on any atom is -0.370 e. The smallest absolute Gasteiger partial charge is 0.370 e. The van der Waals surface area contributed by atoms with Crippen molar-refractivity contribution < 1.29 is 22.7 Å². The van der Waals surface area contributed by atoms with Gasteiger partial charge in [0.1, 0.15) is 6.61 Å². The molecule has 0 aromatic rings. The molecule has 1 saturated heterocycles. The van der Waals surface area contributed by atoms with Crippen molar-refractivity contribution in [2.45, 2.75) is 19.0 Å². The van der Waals surface area contributed by atoms with E-state index in [1.807, 2.05) is 0 Å². The molecule has 0 saturated carbocycles. The molecule has 0 bridgehead atoms. The molecule has 1 aliphatic rings. The van der Waals surface area contributed by atoms with Crippen LogP contribution in [0.1, 0.15) is 12.8 Å². The normalized spacial score (nSPS) is 21.6. The second kappa shape index (κ2) is 6.20. The molecule has 1 fully saturated rings. The molecular formula is C10H17F3N2O2. The highest BCUT2D eigenvalue weighted by molar-refractivity contribution is 5.77. The number of halogens is 3. The summed E-state index contributed by atoms with van der Waals surface area (Å²) in [6.07, 6.45) is -3.75. The van der Waals surface area contributed by atoms with Crippen LogP contribution in [0.15, 0.2) is 0 Å². The summed E-state index contributed by atoms with van der Waals surface area (Å²) in [6.45, 7) is 0.453. The summed E-state index contributed by atoms with van der Waals surface area (Å²) in [5.74, 6) is -1.80. The Kier molecular flexibility index (Phi) is 5.20. The fourth-order valence-electron chi connectivity index (χ4n) is 1.80. The Hall–Kier alpha value is -0.820. The number of hydrogen-bond acceptors (Lipinski definition) is 3. The van der Waals surface area contributed by atoms with Gasteiger partial charge in [-0.2, -0.15) is 13.2 Å². The summed E-state index contributed by atoms with van der Waals surface area (Å²) in [5, 5.41) is 0. The van der Waals surface area contributed by atoms with Crippen LogP contribution in [-0.4, -0.2) is 49.8 Å². The van der Waals surface area contributed by atoms with Crippen molar-refractivity contribution in [2.24, 2.45) is 11.7 Å². The molecule has 17 heavy (non-hydrogen) atoms. The highest BCUT2D eigenvalue weighted by Crippen LogP contribution is 2.33. The van der Waals surface area contributed by atoms with Gasteiger partial charge in [0, 0.05) is 19.6 Å². The molecule has 0 spiro atoms. The molecule has 0 aromatic carbocycles. The molecule has 1 unspecified atom stereocenters. The first kappa shape index (κ1) is 14.2. The number of nitrogens with two attached hydrogens (primary N) is 1. The third kappa shape index (κ3) is 4.51. The average Bonchev–Trinajstić information content (AvgIpc) is 2.28. The molecule has 0 aromatic heterocycles. The standard InChI is InChI=1S/C10H17F3N2O2/c11-10(12,13)8-2-1-4-15(6-8)9(16)7-17-5-3-14/h8H,1-7,14H2. The molecule has 2 N–H and O–H groups in total. The predicted octanol–water partition coefficient (Wildman–Crippen LogP) is 0.763. The monoisotopic (exact) mass is 254 g/mol. The highest BCUT2D eigenvalue weighted by Gasteiger charge is 2.42. The van der Waals surface area contributed by atoms with E-state index < -0.39 is 18.0 Å². The van der Waals surface area contributed by atoms with Gasteiger partial charge in [-0.05, 0) is 12.8 Å². The van der Waals surface area contributed by atoms with Gasteiger partial charge < -0.3 is 15.4 Å². The first-order valence-electron chi connectivity index (χ1n) is 5.57. The average molecular weight is 254 g/mol.